The van der Waals surface area contributed by atoms with E-state index in [1.165, 1.54) is 16.8 Å². The molecule has 4 rings (SSSR count). The first-order valence-electron chi connectivity index (χ1n) is 12.2. The Balaban J connectivity index is 1.73. The summed E-state index contributed by atoms with van der Waals surface area (Å²) in [5.41, 5.74) is 5.67. The minimum absolute atomic E-state index is 0.0518. The molecule has 2 heterocycles. The van der Waals surface area contributed by atoms with Gasteiger partial charge in [-0.25, -0.2) is 4.68 Å². The monoisotopic (exact) mass is 460 g/mol. The zero-order valence-electron chi connectivity index (χ0n) is 21.0. The number of carbonyl (C=O) groups excluding carboxylic acids is 1. The Hall–Kier alpha value is -3.12. The van der Waals surface area contributed by atoms with Crippen LogP contribution in [0.3, 0.4) is 0 Å². The lowest BCUT2D eigenvalue weighted by Gasteiger charge is -2.30. The molecule has 1 aliphatic rings. The van der Waals surface area contributed by atoms with Gasteiger partial charge in [-0.1, -0.05) is 56.3 Å². The van der Waals surface area contributed by atoms with Crippen molar-refractivity contribution in [1.82, 2.24) is 19.6 Å². The Bertz CT molecular complexity index is 1120. The molecule has 0 unspecified atom stereocenters. The number of para-hydroxylation sites is 2. The summed E-state index contributed by atoms with van der Waals surface area (Å²) in [6, 6.07) is 18.7. The highest BCUT2D eigenvalue weighted by atomic mass is 16.5. The van der Waals surface area contributed by atoms with E-state index in [-0.39, 0.29) is 17.9 Å². The Kier molecular flexibility index (Phi) is 7.37. The maximum absolute atomic E-state index is 13.0. The zero-order valence-corrected chi connectivity index (χ0v) is 21.0. The van der Waals surface area contributed by atoms with Crippen LogP contribution >= 0.6 is 0 Å². The van der Waals surface area contributed by atoms with Crippen LogP contribution in [0.15, 0.2) is 54.6 Å². The lowest BCUT2D eigenvalue weighted by atomic mass is 10.0. The fourth-order valence-electron chi connectivity index (χ4n) is 4.66. The van der Waals surface area contributed by atoms with Gasteiger partial charge < -0.3 is 9.64 Å². The first kappa shape index (κ1) is 24.0. The lowest BCUT2D eigenvalue weighted by molar-refractivity contribution is -0.136. The number of nitrogens with zero attached hydrogens (tertiary/aromatic N) is 4. The van der Waals surface area contributed by atoms with Gasteiger partial charge in [0.05, 0.1) is 25.0 Å². The topological polar surface area (TPSA) is 50.6 Å². The second-order valence-electron chi connectivity index (χ2n) is 9.62. The number of amides is 1. The number of hydrogen-bond donors (Lipinski definition) is 0. The fraction of sp³-hybridized carbons (Fsp3) is 0.429. The molecule has 0 saturated heterocycles. The Morgan fingerprint density at radius 1 is 1.06 bits per heavy atom. The quantitative estimate of drug-likeness (QED) is 0.483. The van der Waals surface area contributed by atoms with Crippen molar-refractivity contribution in [3.05, 3.63) is 77.1 Å². The maximum Gasteiger partial charge on any atom is 0.225 e. The third kappa shape index (κ3) is 5.02. The van der Waals surface area contributed by atoms with E-state index in [0.717, 1.165) is 43.2 Å². The molecule has 0 bridgehead atoms. The van der Waals surface area contributed by atoms with E-state index in [1.54, 1.807) is 7.11 Å². The van der Waals surface area contributed by atoms with Gasteiger partial charge in [0.15, 0.2) is 0 Å². The third-order valence-corrected chi connectivity index (χ3v) is 6.50. The second kappa shape index (κ2) is 10.4. The minimum atomic E-state index is -0.0518. The van der Waals surface area contributed by atoms with Gasteiger partial charge in [0.2, 0.25) is 5.91 Å². The van der Waals surface area contributed by atoms with Gasteiger partial charge in [0.1, 0.15) is 11.4 Å². The predicted octanol–water partition coefficient (Wildman–Crippen LogP) is 4.83. The van der Waals surface area contributed by atoms with Crippen LogP contribution in [0.2, 0.25) is 0 Å². The van der Waals surface area contributed by atoms with Gasteiger partial charge in [0, 0.05) is 43.6 Å². The molecular formula is C28H36N4O2. The lowest BCUT2D eigenvalue weighted by Crippen LogP contribution is -2.39. The van der Waals surface area contributed by atoms with E-state index in [2.05, 4.69) is 49.1 Å². The van der Waals surface area contributed by atoms with Crippen LogP contribution in [0, 0.1) is 5.92 Å². The molecule has 0 N–H and O–H groups in total. The van der Waals surface area contributed by atoms with Crippen LogP contribution in [0.4, 0.5) is 0 Å². The third-order valence-electron chi connectivity index (χ3n) is 6.50. The van der Waals surface area contributed by atoms with E-state index < -0.39 is 0 Å². The van der Waals surface area contributed by atoms with Crippen LogP contribution < -0.4 is 4.74 Å². The fourth-order valence-corrected chi connectivity index (χ4v) is 4.66. The van der Waals surface area contributed by atoms with E-state index >= 15 is 0 Å². The highest BCUT2D eigenvalue weighted by molar-refractivity contribution is 5.78. The standard InChI is InChI=1S/C28H36N4O2/c1-20(2)28(33)31(21(3)4)19-24-23-18-30(17-22-11-7-6-8-12-22)16-15-25(23)32(29-24)26-13-9-10-14-27(26)34-5/h6-14,20-21H,15-19H2,1-5H3. The molecule has 0 aliphatic carbocycles. The summed E-state index contributed by atoms with van der Waals surface area (Å²) in [5, 5.41) is 5.09. The summed E-state index contributed by atoms with van der Waals surface area (Å²) >= 11 is 0. The van der Waals surface area contributed by atoms with Crippen molar-refractivity contribution >= 4 is 5.91 Å². The van der Waals surface area contributed by atoms with Crippen LogP contribution in [-0.4, -0.2) is 45.2 Å². The molecular weight excluding hydrogens is 424 g/mol. The molecule has 1 amide bonds. The van der Waals surface area contributed by atoms with Gasteiger partial charge in [-0.3, -0.25) is 9.69 Å². The van der Waals surface area contributed by atoms with Gasteiger partial charge in [-0.05, 0) is 31.5 Å². The number of carbonyl (C=O) groups is 1. The van der Waals surface area contributed by atoms with Crippen molar-refractivity contribution < 1.29 is 9.53 Å². The van der Waals surface area contributed by atoms with E-state index in [1.807, 2.05) is 47.7 Å². The average molecular weight is 461 g/mol. The number of aromatic nitrogens is 2. The summed E-state index contributed by atoms with van der Waals surface area (Å²) in [5.74, 6) is 0.904. The van der Waals surface area contributed by atoms with Crippen molar-refractivity contribution in [2.75, 3.05) is 13.7 Å². The minimum Gasteiger partial charge on any atom is -0.494 e. The molecule has 3 aromatic rings. The Morgan fingerprint density at radius 2 is 1.76 bits per heavy atom. The number of methoxy groups -OCH3 is 1. The molecule has 0 fully saturated rings. The summed E-state index contributed by atoms with van der Waals surface area (Å²) in [7, 11) is 1.69. The second-order valence-corrected chi connectivity index (χ2v) is 9.62. The number of hydrogen-bond acceptors (Lipinski definition) is 4. The predicted molar refractivity (Wildman–Crippen MR) is 135 cm³/mol. The largest absolute Gasteiger partial charge is 0.494 e. The molecule has 1 aliphatic heterocycles. The highest BCUT2D eigenvalue weighted by Crippen LogP contribution is 2.31. The normalized spacial score (nSPS) is 13.9. The number of benzene rings is 2. The summed E-state index contributed by atoms with van der Waals surface area (Å²) in [4.78, 5) is 17.4. The number of fused-ring (bicyclic) bond motifs is 1. The van der Waals surface area contributed by atoms with Crippen molar-refractivity contribution in [3.63, 3.8) is 0 Å². The molecule has 0 saturated carbocycles. The molecule has 0 radical (unpaired) electrons. The average Bonchev–Trinajstić information content (AvgIpc) is 3.19. The van der Waals surface area contributed by atoms with Crippen LogP contribution in [0.25, 0.3) is 5.69 Å². The SMILES string of the molecule is COc1ccccc1-n1nc(CN(C(=O)C(C)C)C(C)C)c2c1CCN(Cc1ccccc1)C2. The Morgan fingerprint density at radius 3 is 2.44 bits per heavy atom. The molecule has 6 heteroatoms. The molecule has 1 aromatic heterocycles. The van der Waals surface area contributed by atoms with Gasteiger partial charge >= 0.3 is 0 Å². The van der Waals surface area contributed by atoms with E-state index in [4.69, 9.17) is 9.84 Å². The first-order chi connectivity index (χ1) is 16.4. The van der Waals surface area contributed by atoms with Crippen LogP contribution in [0.5, 0.6) is 5.75 Å². The van der Waals surface area contributed by atoms with E-state index in [0.29, 0.717) is 6.54 Å². The van der Waals surface area contributed by atoms with Gasteiger partial charge in [0.25, 0.3) is 0 Å². The van der Waals surface area contributed by atoms with Crippen molar-refractivity contribution in [3.8, 4) is 11.4 Å². The van der Waals surface area contributed by atoms with Gasteiger partial charge in [-0.15, -0.1) is 0 Å². The number of ether oxygens (including phenoxy) is 1. The molecule has 34 heavy (non-hydrogen) atoms. The first-order valence-corrected chi connectivity index (χ1v) is 12.2. The van der Waals surface area contributed by atoms with Crippen molar-refractivity contribution in [2.45, 2.75) is 59.8 Å². The Labute approximate surface area is 203 Å². The van der Waals surface area contributed by atoms with Crippen molar-refractivity contribution in [2.24, 2.45) is 5.92 Å². The summed E-state index contributed by atoms with van der Waals surface area (Å²) < 4.78 is 7.70. The van der Waals surface area contributed by atoms with Crippen LogP contribution in [-0.2, 0) is 30.8 Å². The highest BCUT2D eigenvalue weighted by Gasteiger charge is 2.29. The molecule has 2 aromatic carbocycles. The van der Waals surface area contributed by atoms with Gasteiger partial charge in [-0.2, -0.15) is 5.10 Å². The molecule has 0 atom stereocenters. The smallest absolute Gasteiger partial charge is 0.225 e. The maximum atomic E-state index is 13.0. The molecule has 0 spiro atoms. The summed E-state index contributed by atoms with van der Waals surface area (Å²) in [6.07, 6.45) is 0.896. The molecule has 180 valence electrons. The zero-order chi connectivity index (χ0) is 24.2. The van der Waals surface area contributed by atoms with Crippen LogP contribution in [0.1, 0.15) is 50.2 Å². The van der Waals surface area contributed by atoms with Crippen molar-refractivity contribution in [1.29, 1.82) is 0 Å². The number of rotatable bonds is 8. The van der Waals surface area contributed by atoms with E-state index in [9.17, 15) is 4.79 Å². The summed E-state index contributed by atoms with van der Waals surface area (Å²) in [6.45, 7) is 11.3. The molecule has 6 nitrogen and oxygen atoms in total.